The van der Waals surface area contributed by atoms with Gasteiger partial charge in [0, 0.05) is 22.9 Å². The number of nitrogens with zero attached hydrogens (tertiary/aromatic N) is 4. The number of benzene rings is 1. The van der Waals surface area contributed by atoms with Crippen LogP contribution in [0.4, 0.5) is 5.13 Å². The molecule has 0 radical (unpaired) electrons. The predicted molar refractivity (Wildman–Crippen MR) is 151 cm³/mol. The molecule has 0 bridgehead atoms. The number of carbonyl (C=O) groups is 1. The summed E-state index contributed by atoms with van der Waals surface area (Å²) in [5.41, 5.74) is 9.52. The Morgan fingerprint density at radius 1 is 1.03 bits per heavy atom. The number of rotatable bonds is 10. The molecule has 0 unspecified atom stereocenters. The van der Waals surface area contributed by atoms with Crippen LogP contribution in [-0.2, 0) is 12.8 Å². The highest BCUT2D eigenvalue weighted by molar-refractivity contribution is 7.15. The van der Waals surface area contributed by atoms with E-state index in [9.17, 15) is 4.79 Å². The highest BCUT2D eigenvalue weighted by Crippen LogP contribution is 2.35. The van der Waals surface area contributed by atoms with E-state index in [0.717, 1.165) is 48.0 Å². The predicted octanol–water partition coefficient (Wildman–Crippen LogP) is 6.22. The van der Waals surface area contributed by atoms with Crippen molar-refractivity contribution in [1.29, 1.82) is 0 Å². The molecule has 37 heavy (non-hydrogen) atoms. The molecule has 2 N–H and O–H groups in total. The van der Waals surface area contributed by atoms with E-state index in [0.29, 0.717) is 24.1 Å². The molecule has 0 spiro atoms. The lowest BCUT2D eigenvalue weighted by Gasteiger charge is -2.36. The summed E-state index contributed by atoms with van der Waals surface area (Å²) < 4.78 is 0. The Labute approximate surface area is 224 Å². The summed E-state index contributed by atoms with van der Waals surface area (Å²) in [5, 5.41) is 0.721. The van der Waals surface area contributed by atoms with Gasteiger partial charge in [0.1, 0.15) is 5.69 Å². The van der Waals surface area contributed by atoms with E-state index in [4.69, 9.17) is 5.73 Å². The standard InChI is InChI=1S/C30H39N5OS/c1-2-15-35(24-12-13-25-29(18-24)37-30(31)34-25)16-14-21-8-10-22(11-9-21)17-28(36)27-20-32-26(19-33-27)23-6-4-3-5-7-23/h3-7,19-22,24H,2,8-18H2,1H3,(H2,31,34)/t21?,22?,24-/m0/s1. The van der Waals surface area contributed by atoms with E-state index in [1.807, 2.05) is 30.3 Å². The third kappa shape index (κ3) is 6.63. The smallest absolute Gasteiger partial charge is 0.183 e. The van der Waals surface area contributed by atoms with Crippen LogP contribution in [0, 0.1) is 11.8 Å². The zero-order valence-corrected chi connectivity index (χ0v) is 22.8. The molecular weight excluding hydrogens is 478 g/mol. The fourth-order valence-electron chi connectivity index (χ4n) is 6.12. The Morgan fingerprint density at radius 2 is 1.81 bits per heavy atom. The van der Waals surface area contributed by atoms with Crippen molar-refractivity contribution in [2.45, 2.75) is 77.2 Å². The van der Waals surface area contributed by atoms with Gasteiger partial charge < -0.3 is 10.6 Å². The van der Waals surface area contributed by atoms with Gasteiger partial charge in [-0.15, -0.1) is 11.3 Å². The first-order valence-electron chi connectivity index (χ1n) is 14.0. The van der Waals surface area contributed by atoms with Crippen LogP contribution in [0.2, 0.25) is 0 Å². The van der Waals surface area contributed by atoms with Crippen molar-refractivity contribution in [1.82, 2.24) is 19.9 Å². The molecule has 2 heterocycles. The third-order valence-electron chi connectivity index (χ3n) is 8.23. The van der Waals surface area contributed by atoms with Crippen molar-refractivity contribution >= 4 is 22.3 Å². The maximum atomic E-state index is 12.9. The van der Waals surface area contributed by atoms with Gasteiger partial charge in [-0.2, -0.15) is 0 Å². The molecule has 7 heteroatoms. The molecule has 2 aromatic heterocycles. The van der Waals surface area contributed by atoms with Gasteiger partial charge in [0.05, 0.1) is 23.8 Å². The molecule has 6 nitrogen and oxygen atoms in total. The van der Waals surface area contributed by atoms with Crippen LogP contribution in [0.25, 0.3) is 11.3 Å². The van der Waals surface area contributed by atoms with Crippen molar-refractivity contribution in [3.8, 4) is 11.3 Å². The number of carbonyl (C=O) groups excluding carboxylic acids is 1. The molecule has 5 rings (SSSR count). The molecule has 0 amide bonds. The quantitative estimate of drug-likeness (QED) is 0.321. The second-order valence-electron chi connectivity index (χ2n) is 10.8. The van der Waals surface area contributed by atoms with E-state index < -0.39 is 0 Å². The lowest BCUT2D eigenvalue weighted by molar-refractivity contribution is 0.0932. The second kappa shape index (κ2) is 12.3. The van der Waals surface area contributed by atoms with Crippen LogP contribution in [0.5, 0.6) is 0 Å². The molecule has 0 aliphatic heterocycles. The minimum Gasteiger partial charge on any atom is -0.375 e. The first-order valence-corrected chi connectivity index (χ1v) is 14.8. The number of nitrogens with two attached hydrogens (primary N) is 1. The number of ketones is 1. The van der Waals surface area contributed by atoms with Crippen LogP contribution >= 0.6 is 11.3 Å². The van der Waals surface area contributed by atoms with E-state index >= 15 is 0 Å². The molecule has 3 aromatic rings. The number of nitrogen functional groups attached to an aromatic ring is 1. The summed E-state index contributed by atoms with van der Waals surface area (Å²) in [6.07, 6.45) is 14.5. The highest BCUT2D eigenvalue weighted by Gasteiger charge is 2.28. The summed E-state index contributed by atoms with van der Waals surface area (Å²) in [4.78, 5) is 30.4. The normalized spacial score (nSPS) is 21.6. The van der Waals surface area contributed by atoms with Crippen LogP contribution < -0.4 is 5.73 Å². The van der Waals surface area contributed by atoms with Crippen molar-refractivity contribution in [3.63, 3.8) is 0 Å². The topological polar surface area (TPSA) is 85.0 Å². The van der Waals surface area contributed by atoms with Gasteiger partial charge in [-0.1, -0.05) is 50.1 Å². The molecule has 1 saturated carbocycles. The molecule has 2 aliphatic rings. The average molecular weight is 518 g/mol. The summed E-state index contributed by atoms with van der Waals surface area (Å²) in [6.45, 7) is 4.63. The minimum absolute atomic E-state index is 0.130. The minimum atomic E-state index is 0.130. The molecule has 0 saturated heterocycles. The Hall–Kier alpha value is -2.64. The Balaban J connectivity index is 1.07. The SMILES string of the molecule is CCCN(CCC1CCC(CC(=O)c2cnc(-c3ccccc3)cn2)CC1)[C@H]1CCc2nc(N)sc2C1. The van der Waals surface area contributed by atoms with Crippen LogP contribution in [-0.4, -0.2) is 44.8 Å². The van der Waals surface area contributed by atoms with E-state index in [-0.39, 0.29) is 5.78 Å². The second-order valence-corrected chi connectivity index (χ2v) is 11.9. The summed E-state index contributed by atoms with van der Waals surface area (Å²) in [5.74, 6) is 1.37. The van der Waals surface area contributed by atoms with Crippen LogP contribution in [0.3, 0.4) is 0 Å². The van der Waals surface area contributed by atoms with Crippen molar-refractivity contribution in [2.24, 2.45) is 11.8 Å². The molecule has 1 aromatic carbocycles. The maximum absolute atomic E-state index is 12.9. The van der Waals surface area contributed by atoms with Gasteiger partial charge in [0.2, 0.25) is 0 Å². The van der Waals surface area contributed by atoms with Gasteiger partial charge in [0.15, 0.2) is 10.9 Å². The van der Waals surface area contributed by atoms with Gasteiger partial charge in [-0.25, -0.2) is 9.97 Å². The fourth-order valence-corrected chi connectivity index (χ4v) is 7.07. The summed E-state index contributed by atoms with van der Waals surface area (Å²) in [6, 6.07) is 10.6. The monoisotopic (exact) mass is 517 g/mol. The number of aromatic nitrogens is 3. The van der Waals surface area contributed by atoms with E-state index in [1.54, 1.807) is 23.7 Å². The first kappa shape index (κ1) is 26.0. The molecule has 196 valence electrons. The van der Waals surface area contributed by atoms with Crippen LogP contribution in [0.15, 0.2) is 42.7 Å². The summed E-state index contributed by atoms with van der Waals surface area (Å²) >= 11 is 1.68. The first-order chi connectivity index (χ1) is 18.1. The van der Waals surface area contributed by atoms with Crippen LogP contribution in [0.1, 0.15) is 79.3 Å². The van der Waals surface area contributed by atoms with Gasteiger partial charge in [-0.05, 0) is 69.9 Å². The Morgan fingerprint density at radius 3 is 2.54 bits per heavy atom. The number of thiazole rings is 1. The van der Waals surface area contributed by atoms with Gasteiger partial charge in [0.25, 0.3) is 0 Å². The zero-order chi connectivity index (χ0) is 25.6. The van der Waals surface area contributed by atoms with Gasteiger partial charge in [-0.3, -0.25) is 9.78 Å². The highest BCUT2D eigenvalue weighted by atomic mass is 32.1. The largest absolute Gasteiger partial charge is 0.375 e. The number of anilines is 1. The van der Waals surface area contributed by atoms with Gasteiger partial charge >= 0.3 is 0 Å². The van der Waals surface area contributed by atoms with E-state index in [1.165, 1.54) is 55.8 Å². The zero-order valence-electron chi connectivity index (χ0n) is 21.9. The Bertz CT molecular complexity index is 1150. The maximum Gasteiger partial charge on any atom is 0.183 e. The van der Waals surface area contributed by atoms with E-state index in [2.05, 4.69) is 26.8 Å². The van der Waals surface area contributed by atoms with Crippen molar-refractivity contribution in [3.05, 3.63) is 59.0 Å². The molecule has 2 aliphatic carbocycles. The number of Topliss-reactive ketones (excluding diaryl/α,β-unsaturated/α-hetero) is 1. The lowest BCUT2D eigenvalue weighted by Crippen LogP contribution is -2.41. The molecule has 1 atom stereocenters. The average Bonchev–Trinajstić information content (AvgIpc) is 3.31. The van der Waals surface area contributed by atoms with Crippen molar-refractivity contribution < 1.29 is 4.79 Å². The number of aryl methyl sites for hydroxylation is 1. The fraction of sp³-hybridized carbons (Fsp3) is 0.533. The lowest BCUT2D eigenvalue weighted by atomic mass is 9.78. The third-order valence-corrected chi connectivity index (χ3v) is 9.18. The summed E-state index contributed by atoms with van der Waals surface area (Å²) in [7, 11) is 0. The number of fused-ring (bicyclic) bond motifs is 1. The Kier molecular flexibility index (Phi) is 8.62. The molecular formula is C30H39N5OS. The number of hydrogen-bond acceptors (Lipinski definition) is 7. The van der Waals surface area contributed by atoms with Crippen molar-refractivity contribution in [2.75, 3.05) is 18.8 Å². The number of hydrogen-bond donors (Lipinski definition) is 1. The molecule has 1 fully saturated rings.